The number of amides is 3. The van der Waals surface area contributed by atoms with Crippen LogP contribution in [0.4, 0.5) is 9.93 Å². The minimum atomic E-state index is -3.32. The number of carbonyl (C=O) groups is 2. The number of nitrogens with one attached hydrogen (secondary N) is 3. The molecule has 4 rings (SSSR count). The first-order chi connectivity index (χ1) is 17.1. The van der Waals surface area contributed by atoms with Gasteiger partial charge >= 0.3 is 6.03 Å². The zero-order valence-corrected chi connectivity index (χ0v) is 21.2. The monoisotopic (exact) mass is 532 g/mol. The molecule has 1 unspecified atom stereocenters. The maximum atomic E-state index is 12.3. The normalized spacial score (nSPS) is 20.1. The molecule has 0 spiro atoms. The molecular formula is C24H28N4O6S2. The molecule has 0 saturated heterocycles. The van der Waals surface area contributed by atoms with Crippen molar-refractivity contribution in [3.63, 3.8) is 0 Å². The lowest BCUT2D eigenvalue weighted by atomic mass is 9.90. The lowest BCUT2D eigenvalue weighted by Gasteiger charge is -2.32. The van der Waals surface area contributed by atoms with Gasteiger partial charge in [0, 0.05) is 19.2 Å². The van der Waals surface area contributed by atoms with Crippen molar-refractivity contribution in [2.24, 2.45) is 0 Å². The number of aliphatic hydroxyl groups excluding tert-OH is 2. The molecule has 3 aromatic rings. The number of anilines is 1. The quantitative estimate of drug-likeness (QED) is 0.312. The molecule has 10 nitrogen and oxygen atoms in total. The van der Waals surface area contributed by atoms with Crippen LogP contribution in [-0.4, -0.2) is 66.6 Å². The van der Waals surface area contributed by atoms with Gasteiger partial charge in [0.2, 0.25) is 5.91 Å². The number of hydrogen-bond donors (Lipinski definition) is 5. The third-order valence-corrected chi connectivity index (χ3v) is 8.05. The van der Waals surface area contributed by atoms with Crippen molar-refractivity contribution in [1.29, 1.82) is 0 Å². The Hall–Kier alpha value is -3.06. The van der Waals surface area contributed by atoms with Crippen molar-refractivity contribution < 1.29 is 28.2 Å². The number of fused-ring (bicyclic) bond motifs is 1. The van der Waals surface area contributed by atoms with Crippen molar-refractivity contribution in [2.75, 3.05) is 18.1 Å². The SMILES string of the molecule is CS(=O)(=O)c1cccc(-c2ccc3nc(NC(=O)NCCC(=O)NC4CCC[C@@H](O)[C@H]4O)sc3c2)c1. The molecule has 2 aromatic carbocycles. The highest BCUT2D eigenvalue weighted by molar-refractivity contribution is 7.90. The van der Waals surface area contributed by atoms with Gasteiger partial charge in [0.15, 0.2) is 15.0 Å². The molecule has 0 radical (unpaired) electrons. The molecule has 3 atom stereocenters. The highest BCUT2D eigenvalue weighted by Crippen LogP contribution is 2.31. The fraction of sp³-hybridized carbons (Fsp3) is 0.375. The number of urea groups is 1. The molecule has 36 heavy (non-hydrogen) atoms. The Labute approximate surface area is 212 Å². The summed E-state index contributed by atoms with van der Waals surface area (Å²) in [6, 6.07) is 11.2. The summed E-state index contributed by atoms with van der Waals surface area (Å²) < 4.78 is 24.6. The minimum absolute atomic E-state index is 0.0302. The van der Waals surface area contributed by atoms with Crippen LogP contribution >= 0.6 is 11.3 Å². The highest BCUT2D eigenvalue weighted by Gasteiger charge is 2.31. The van der Waals surface area contributed by atoms with E-state index < -0.39 is 34.1 Å². The van der Waals surface area contributed by atoms with Gasteiger partial charge in [0.25, 0.3) is 0 Å². The van der Waals surface area contributed by atoms with E-state index in [1.54, 1.807) is 24.3 Å². The van der Waals surface area contributed by atoms with Gasteiger partial charge in [0.05, 0.1) is 33.4 Å². The number of thiazole rings is 1. The molecular weight excluding hydrogens is 504 g/mol. The van der Waals surface area contributed by atoms with Crippen molar-refractivity contribution in [2.45, 2.75) is 48.8 Å². The van der Waals surface area contributed by atoms with E-state index in [1.807, 2.05) is 18.2 Å². The van der Waals surface area contributed by atoms with Crippen molar-refractivity contribution >= 4 is 48.5 Å². The maximum absolute atomic E-state index is 12.3. The number of aromatic nitrogens is 1. The number of carbonyl (C=O) groups excluding carboxylic acids is 2. The van der Waals surface area contributed by atoms with Crippen LogP contribution in [0.5, 0.6) is 0 Å². The van der Waals surface area contributed by atoms with Crippen molar-refractivity contribution in [3.05, 3.63) is 42.5 Å². The van der Waals surface area contributed by atoms with Crippen LogP contribution < -0.4 is 16.0 Å². The molecule has 1 fully saturated rings. The zero-order chi connectivity index (χ0) is 25.9. The summed E-state index contributed by atoms with van der Waals surface area (Å²) in [5, 5.41) is 28.1. The fourth-order valence-electron chi connectivity index (χ4n) is 4.09. The first kappa shape index (κ1) is 26.0. The molecule has 3 amide bonds. The second-order valence-electron chi connectivity index (χ2n) is 8.80. The van der Waals surface area contributed by atoms with E-state index in [4.69, 9.17) is 0 Å². The van der Waals surface area contributed by atoms with E-state index in [0.717, 1.165) is 22.2 Å². The van der Waals surface area contributed by atoms with Crippen LogP contribution in [0.1, 0.15) is 25.7 Å². The van der Waals surface area contributed by atoms with Crippen LogP contribution in [0.15, 0.2) is 47.4 Å². The molecule has 0 aliphatic heterocycles. The topological polar surface area (TPSA) is 158 Å². The second-order valence-corrected chi connectivity index (χ2v) is 11.8. The molecule has 12 heteroatoms. The van der Waals surface area contributed by atoms with E-state index in [-0.39, 0.29) is 23.8 Å². The second kappa shape index (κ2) is 10.9. The van der Waals surface area contributed by atoms with E-state index in [9.17, 15) is 28.2 Å². The van der Waals surface area contributed by atoms with Gasteiger partial charge in [0.1, 0.15) is 0 Å². The average Bonchev–Trinajstić information content (AvgIpc) is 3.23. The van der Waals surface area contributed by atoms with Crippen LogP contribution in [0.3, 0.4) is 0 Å². The van der Waals surface area contributed by atoms with Crippen LogP contribution in [0.2, 0.25) is 0 Å². The Morgan fingerprint density at radius 1 is 1.11 bits per heavy atom. The smallest absolute Gasteiger partial charge is 0.321 e. The summed E-state index contributed by atoms with van der Waals surface area (Å²) in [4.78, 5) is 29.0. The molecule has 5 N–H and O–H groups in total. The fourth-order valence-corrected chi connectivity index (χ4v) is 5.65. The Morgan fingerprint density at radius 2 is 1.89 bits per heavy atom. The third-order valence-electron chi connectivity index (χ3n) is 6.01. The van der Waals surface area contributed by atoms with Gasteiger partial charge in [-0.05, 0) is 54.7 Å². The Morgan fingerprint density at radius 3 is 2.67 bits per heavy atom. The number of nitrogens with zero attached hydrogens (tertiary/aromatic N) is 1. The van der Waals surface area contributed by atoms with Gasteiger partial charge in [-0.1, -0.05) is 29.5 Å². The van der Waals surface area contributed by atoms with Crippen molar-refractivity contribution in [3.8, 4) is 11.1 Å². The molecule has 0 bridgehead atoms. The Balaban J connectivity index is 1.31. The summed E-state index contributed by atoms with van der Waals surface area (Å²) in [6.07, 6.45) is 1.21. The molecule has 1 aliphatic carbocycles. The largest absolute Gasteiger partial charge is 0.390 e. The maximum Gasteiger partial charge on any atom is 0.321 e. The molecule has 192 valence electrons. The van der Waals surface area contributed by atoms with Crippen LogP contribution in [-0.2, 0) is 14.6 Å². The molecule has 1 saturated carbocycles. The number of sulfone groups is 1. The van der Waals surface area contributed by atoms with Crippen molar-refractivity contribution in [1.82, 2.24) is 15.6 Å². The van der Waals surface area contributed by atoms with E-state index in [2.05, 4.69) is 20.9 Å². The summed E-state index contributed by atoms with van der Waals surface area (Å²) in [6.45, 7) is 0.0920. The first-order valence-electron chi connectivity index (χ1n) is 11.5. The third kappa shape index (κ3) is 6.38. The minimum Gasteiger partial charge on any atom is -0.390 e. The molecule has 1 heterocycles. The van der Waals surface area contributed by atoms with Gasteiger partial charge in [-0.3, -0.25) is 10.1 Å². The lowest BCUT2D eigenvalue weighted by molar-refractivity contribution is -0.124. The Bertz CT molecular complexity index is 1370. The number of hydrogen-bond acceptors (Lipinski definition) is 8. The number of aliphatic hydroxyl groups is 2. The summed E-state index contributed by atoms with van der Waals surface area (Å²) in [5.74, 6) is -0.319. The highest BCUT2D eigenvalue weighted by atomic mass is 32.2. The van der Waals surface area contributed by atoms with E-state index >= 15 is 0 Å². The van der Waals surface area contributed by atoms with Gasteiger partial charge in [-0.15, -0.1) is 0 Å². The average molecular weight is 533 g/mol. The molecule has 1 aliphatic rings. The van der Waals surface area contributed by atoms with Crippen LogP contribution in [0.25, 0.3) is 21.3 Å². The number of rotatable bonds is 7. The summed E-state index contributed by atoms with van der Waals surface area (Å²) in [7, 11) is -3.32. The predicted molar refractivity (Wildman–Crippen MR) is 138 cm³/mol. The summed E-state index contributed by atoms with van der Waals surface area (Å²) in [5.41, 5.74) is 2.27. The Kier molecular flexibility index (Phi) is 7.88. The predicted octanol–water partition coefficient (Wildman–Crippen LogP) is 2.27. The van der Waals surface area contributed by atoms with Crippen LogP contribution in [0, 0.1) is 0 Å². The number of benzene rings is 2. The standard InChI is InChI=1S/C24H28N4O6S2/c1-36(33,34)16-5-2-4-14(12-16)15-8-9-17-20(13-15)35-24(27-17)28-23(32)25-11-10-21(30)26-18-6-3-7-19(29)22(18)31/h2,4-5,8-9,12-13,18-19,22,29,31H,3,6-7,10-11H2,1H3,(H,26,30)(H2,25,27,28,32)/t18?,19-,22+/m1/s1. The van der Waals surface area contributed by atoms with E-state index in [0.29, 0.717) is 23.5 Å². The lowest BCUT2D eigenvalue weighted by Crippen LogP contribution is -2.51. The first-order valence-corrected chi connectivity index (χ1v) is 14.2. The zero-order valence-electron chi connectivity index (χ0n) is 19.6. The van der Waals surface area contributed by atoms with Gasteiger partial charge in [-0.25, -0.2) is 18.2 Å². The van der Waals surface area contributed by atoms with E-state index in [1.165, 1.54) is 17.6 Å². The molecule has 1 aromatic heterocycles. The van der Waals surface area contributed by atoms with Gasteiger partial charge in [-0.2, -0.15) is 0 Å². The van der Waals surface area contributed by atoms with Gasteiger partial charge < -0.3 is 20.8 Å². The summed E-state index contributed by atoms with van der Waals surface area (Å²) >= 11 is 1.28.